The maximum absolute atomic E-state index is 13.4. The van der Waals surface area contributed by atoms with Crippen molar-refractivity contribution in [3.8, 4) is 5.75 Å². The Hall–Kier alpha value is -3.02. The molecule has 7 nitrogen and oxygen atoms in total. The van der Waals surface area contributed by atoms with E-state index >= 15 is 0 Å². The summed E-state index contributed by atoms with van der Waals surface area (Å²) in [4.78, 5) is 12.0. The van der Waals surface area contributed by atoms with Crippen molar-refractivity contribution >= 4 is 27.5 Å². The highest BCUT2D eigenvalue weighted by molar-refractivity contribution is 7.92. The first-order valence-electron chi connectivity index (χ1n) is 10.8. The highest BCUT2D eigenvalue weighted by Gasteiger charge is 2.51. The standard InChI is InChI=1S/C23H26F4N2O5S/c1-14(2)11-17-13-29(35(31,32)18-8-5-15(24)6-9-18)19-12-16(7-10-20(19)33-17)28-21(30)34-22(3,4)23(25,26)27/h5-10,12,14,17H,11,13H2,1-4H3,(H,28,30). The first-order valence-corrected chi connectivity index (χ1v) is 12.2. The molecule has 1 aliphatic heterocycles. The van der Waals surface area contributed by atoms with Gasteiger partial charge >= 0.3 is 12.3 Å². The number of sulfonamides is 1. The Balaban J connectivity index is 1.95. The van der Waals surface area contributed by atoms with Gasteiger partial charge in [-0.2, -0.15) is 13.2 Å². The molecule has 2 aromatic rings. The van der Waals surface area contributed by atoms with E-state index in [1.54, 1.807) is 0 Å². The molecular formula is C23H26F4N2O5S. The van der Waals surface area contributed by atoms with Crippen LogP contribution in [0.15, 0.2) is 47.4 Å². The molecule has 3 rings (SSSR count). The number of amides is 1. The third-order valence-corrected chi connectivity index (χ3v) is 7.10. The van der Waals surface area contributed by atoms with Crippen molar-refractivity contribution in [2.24, 2.45) is 5.92 Å². The van der Waals surface area contributed by atoms with E-state index in [4.69, 9.17) is 4.74 Å². The van der Waals surface area contributed by atoms with Crippen LogP contribution in [0.2, 0.25) is 0 Å². The summed E-state index contributed by atoms with van der Waals surface area (Å²) in [5, 5.41) is 2.20. The van der Waals surface area contributed by atoms with Gasteiger partial charge in [0.25, 0.3) is 10.0 Å². The van der Waals surface area contributed by atoms with Crippen LogP contribution >= 0.6 is 0 Å². The van der Waals surface area contributed by atoms with Gasteiger partial charge in [-0.15, -0.1) is 0 Å². The molecule has 0 aliphatic carbocycles. The van der Waals surface area contributed by atoms with Crippen LogP contribution in [0.3, 0.4) is 0 Å². The number of anilines is 2. The molecule has 0 fully saturated rings. The number of benzene rings is 2. The molecule has 1 aliphatic rings. The molecule has 12 heteroatoms. The van der Waals surface area contributed by atoms with Crippen LogP contribution in [0.5, 0.6) is 5.75 Å². The minimum absolute atomic E-state index is 0.00283. The highest BCUT2D eigenvalue weighted by Crippen LogP contribution is 2.40. The summed E-state index contributed by atoms with van der Waals surface area (Å²) in [6, 6.07) is 8.36. The lowest BCUT2D eigenvalue weighted by Crippen LogP contribution is -2.44. The van der Waals surface area contributed by atoms with E-state index in [0.29, 0.717) is 20.3 Å². The van der Waals surface area contributed by atoms with Crippen molar-refractivity contribution in [2.75, 3.05) is 16.2 Å². The molecule has 35 heavy (non-hydrogen) atoms. The number of nitrogens with zero attached hydrogens (tertiary/aromatic N) is 1. The average Bonchev–Trinajstić information content (AvgIpc) is 2.72. The van der Waals surface area contributed by atoms with Gasteiger partial charge < -0.3 is 9.47 Å². The normalized spacial score (nSPS) is 16.5. The van der Waals surface area contributed by atoms with Crippen LogP contribution in [0.1, 0.15) is 34.1 Å². The summed E-state index contributed by atoms with van der Waals surface area (Å²) in [5.41, 5.74) is -2.67. The summed E-state index contributed by atoms with van der Waals surface area (Å²) in [7, 11) is -4.16. The number of nitrogens with one attached hydrogen (secondary N) is 1. The molecule has 1 atom stereocenters. The lowest BCUT2D eigenvalue weighted by atomic mass is 10.0. The van der Waals surface area contributed by atoms with E-state index < -0.39 is 39.8 Å². The Morgan fingerprint density at radius 3 is 2.37 bits per heavy atom. The Morgan fingerprint density at radius 1 is 1.17 bits per heavy atom. The van der Waals surface area contributed by atoms with Gasteiger partial charge in [-0.05, 0) is 68.7 Å². The minimum atomic E-state index is -4.79. The lowest BCUT2D eigenvalue weighted by Gasteiger charge is -2.36. The van der Waals surface area contributed by atoms with Crippen LogP contribution in [-0.4, -0.2) is 38.9 Å². The molecule has 0 bridgehead atoms. The molecule has 1 unspecified atom stereocenters. The minimum Gasteiger partial charge on any atom is -0.486 e. The van der Waals surface area contributed by atoms with Crippen LogP contribution in [0.4, 0.5) is 33.7 Å². The number of fused-ring (bicyclic) bond motifs is 1. The second-order valence-corrected chi connectivity index (χ2v) is 10.9. The number of carbonyl (C=O) groups excluding carboxylic acids is 1. The molecule has 192 valence electrons. The number of rotatable bonds is 6. The highest BCUT2D eigenvalue weighted by atomic mass is 32.2. The van der Waals surface area contributed by atoms with Crippen LogP contribution in [0.25, 0.3) is 0 Å². The van der Waals surface area contributed by atoms with E-state index in [2.05, 4.69) is 10.1 Å². The first kappa shape index (κ1) is 26.6. The fraction of sp³-hybridized carbons (Fsp3) is 0.435. The van der Waals surface area contributed by atoms with E-state index in [0.717, 1.165) is 28.6 Å². The lowest BCUT2D eigenvalue weighted by molar-refractivity contribution is -0.242. The van der Waals surface area contributed by atoms with Crippen molar-refractivity contribution in [3.05, 3.63) is 48.3 Å². The smallest absolute Gasteiger partial charge is 0.427 e. The largest absolute Gasteiger partial charge is 0.486 e. The molecule has 0 spiro atoms. The molecule has 0 radical (unpaired) electrons. The van der Waals surface area contributed by atoms with Crippen LogP contribution in [0, 0.1) is 11.7 Å². The molecular weight excluding hydrogens is 492 g/mol. The molecule has 0 saturated heterocycles. The van der Waals surface area contributed by atoms with Gasteiger partial charge in [-0.3, -0.25) is 9.62 Å². The molecule has 1 heterocycles. The van der Waals surface area contributed by atoms with Crippen molar-refractivity contribution in [1.29, 1.82) is 0 Å². The van der Waals surface area contributed by atoms with Crippen molar-refractivity contribution in [3.63, 3.8) is 0 Å². The van der Waals surface area contributed by atoms with Crippen molar-refractivity contribution in [2.45, 2.75) is 56.9 Å². The van der Waals surface area contributed by atoms with Crippen LogP contribution in [-0.2, 0) is 14.8 Å². The number of halogens is 4. The predicted molar refractivity (Wildman–Crippen MR) is 121 cm³/mol. The molecule has 0 saturated carbocycles. The third kappa shape index (κ3) is 5.98. The van der Waals surface area contributed by atoms with Gasteiger partial charge in [-0.25, -0.2) is 17.6 Å². The number of alkyl halides is 3. The second-order valence-electron chi connectivity index (χ2n) is 9.06. The fourth-order valence-electron chi connectivity index (χ4n) is 3.43. The third-order valence-electron chi connectivity index (χ3n) is 5.30. The first-order chi connectivity index (χ1) is 16.1. The van der Waals surface area contributed by atoms with Crippen LogP contribution < -0.4 is 14.4 Å². The summed E-state index contributed by atoms with van der Waals surface area (Å²) < 4.78 is 90.9. The predicted octanol–water partition coefficient (Wildman–Crippen LogP) is 5.72. The van der Waals surface area contributed by atoms with E-state index in [1.165, 1.54) is 18.2 Å². The Labute approximate surface area is 201 Å². The molecule has 1 N–H and O–H groups in total. The number of carbonyl (C=O) groups is 1. The summed E-state index contributed by atoms with van der Waals surface area (Å²) in [6.45, 7) is 5.27. The van der Waals surface area contributed by atoms with E-state index in [1.807, 2.05) is 13.8 Å². The summed E-state index contributed by atoms with van der Waals surface area (Å²) in [6.07, 6.45) is -6.09. The summed E-state index contributed by atoms with van der Waals surface area (Å²) >= 11 is 0. The number of hydrogen-bond donors (Lipinski definition) is 1. The Morgan fingerprint density at radius 2 is 1.80 bits per heavy atom. The molecule has 0 aromatic heterocycles. The SMILES string of the molecule is CC(C)CC1CN(S(=O)(=O)c2ccc(F)cc2)c2cc(NC(=O)OC(C)(C)C(F)(F)F)ccc2O1. The number of hydrogen-bond acceptors (Lipinski definition) is 5. The van der Waals surface area contributed by atoms with Gasteiger partial charge in [0.15, 0.2) is 0 Å². The fourth-order valence-corrected chi connectivity index (χ4v) is 4.93. The van der Waals surface area contributed by atoms with Gasteiger partial charge in [0.2, 0.25) is 5.60 Å². The summed E-state index contributed by atoms with van der Waals surface area (Å²) in [5.74, 6) is -0.192. The maximum atomic E-state index is 13.4. The Bertz CT molecular complexity index is 1180. The Kier molecular flexibility index (Phi) is 7.26. The van der Waals surface area contributed by atoms with E-state index in [9.17, 15) is 30.8 Å². The maximum Gasteiger partial charge on any atom is 0.427 e. The zero-order valence-electron chi connectivity index (χ0n) is 19.5. The monoisotopic (exact) mass is 518 g/mol. The quantitative estimate of drug-likeness (QED) is 0.495. The average molecular weight is 519 g/mol. The molecule has 1 amide bonds. The van der Waals surface area contributed by atoms with Gasteiger partial charge in [0, 0.05) is 5.69 Å². The topological polar surface area (TPSA) is 84.9 Å². The second kappa shape index (κ2) is 9.56. The van der Waals surface area contributed by atoms with Gasteiger partial charge in [0.05, 0.1) is 17.1 Å². The van der Waals surface area contributed by atoms with Crippen molar-refractivity contribution in [1.82, 2.24) is 0 Å². The van der Waals surface area contributed by atoms with Gasteiger partial charge in [0.1, 0.15) is 17.7 Å². The number of ether oxygens (including phenoxy) is 2. The van der Waals surface area contributed by atoms with Gasteiger partial charge in [-0.1, -0.05) is 13.8 Å². The van der Waals surface area contributed by atoms with E-state index in [-0.39, 0.29) is 34.5 Å². The molecule has 2 aromatic carbocycles. The zero-order valence-corrected chi connectivity index (χ0v) is 20.3. The van der Waals surface area contributed by atoms with Crippen molar-refractivity contribution < 1.29 is 40.2 Å². The zero-order chi connectivity index (χ0) is 26.2.